The maximum Gasteiger partial charge on any atom is 0.0891 e. The lowest BCUT2D eigenvalue weighted by Gasteiger charge is -2.16. The monoisotopic (exact) mass is 189 g/mol. The third-order valence-electron chi connectivity index (χ3n) is 2.65. The molecular weight excluding hydrogens is 170 g/mol. The van der Waals surface area contributed by atoms with E-state index in [9.17, 15) is 5.73 Å². The predicted molar refractivity (Wildman–Crippen MR) is 60.8 cm³/mol. The van der Waals surface area contributed by atoms with Gasteiger partial charge >= 0.3 is 0 Å². The molecule has 0 unspecified atom stereocenters. The third kappa shape index (κ3) is 2.76. The van der Waals surface area contributed by atoms with Crippen LogP contribution in [0.3, 0.4) is 0 Å². The Hall–Kier alpha value is -0.980. The summed E-state index contributed by atoms with van der Waals surface area (Å²) in [7, 11) is 0. The molecule has 0 aliphatic carbocycles. The Labute approximate surface area is 87.3 Å². The summed E-state index contributed by atoms with van der Waals surface area (Å²) >= 11 is 0. The number of hydrogen-bond acceptors (Lipinski definition) is 0. The second kappa shape index (κ2) is 5.69. The summed E-state index contributed by atoms with van der Waals surface area (Å²) in [5.74, 6) is 0.534. The first kappa shape index (κ1) is 11.1. The van der Waals surface area contributed by atoms with Gasteiger partial charge in [0, 0.05) is 0 Å². The second-order valence-corrected chi connectivity index (χ2v) is 3.83. The number of hydrogen-bond donors (Lipinski definition) is 0. The Morgan fingerprint density at radius 2 is 1.64 bits per heavy atom. The van der Waals surface area contributed by atoms with Gasteiger partial charge in [0.25, 0.3) is 0 Å². The van der Waals surface area contributed by atoms with Gasteiger partial charge in [-0.05, 0) is 30.4 Å². The number of nitrogens with zero attached hydrogens (tertiary/aromatic N) is 1. The summed E-state index contributed by atoms with van der Waals surface area (Å²) < 4.78 is 0. The van der Waals surface area contributed by atoms with Gasteiger partial charge in [0.2, 0.25) is 0 Å². The smallest absolute Gasteiger partial charge is 0.0891 e. The van der Waals surface area contributed by atoms with Crippen LogP contribution in [0.1, 0.15) is 51.0 Å². The van der Waals surface area contributed by atoms with Gasteiger partial charge < -0.3 is 0 Å². The maximum absolute atomic E-state index is 9.73. The molecule has 0 amide bonds. The summed E-state index contributed by atoms with van der Waals surface area (Å²) in [6.45, 7) is 4.39. The first-order valence-electron chi connectivity index (χ1n) is 5.57. The molecule has 0 aliphatic heterocycles. The average Bonchev–Trinajstić information content (AvgIpc) is 2.18. The molecule has 0 atom stereocenters. The van der Waals surface area contributed by atoms with Gasteiger partial charge in [0.1, 0.15) is 0 Å². The van der Waals surface area contributed by atoms with Crippen molar-refractivity contribution in [2.45, 2.75) is 45.4 Å². The lowest BCUT2D eigenvalue weighted by atomic mass is 9.89. The summed E-state index contributed by atoms with van der Waals surface area (Å²) in [5, 5.41) is 0. The molecule has 0 heterocycles. The molecule has 0 fully saturated rings. The van der Waals surface area contributed by atoms with Gasteiger partial charge in [-0.15, -0.1) is 0 Å². The zero-order valence-corrected chi connectivity index (χ0v) is 9.16. The van der Waals surface area contributed by atoms with Gasteiger partial charge in [-0.2, -0.15) is 5.73 Å². The van der Waals surface area contributed by atoms with E-state index in [4.69, 9.17) is 0 Å². The van der Waals surface area contributed by atoms with Crippen molar-refractivity contribution in [2.24, 2.45) is 0 Å². The van der Waals surface area contributed by atoms with Crippen molar-refractivity contribution in [2.75, 3.05) is 0 Å². The molecule has 0 saturated heterocycles. The van der Waals surface area contributed by atoms with E-state index >= 15 is 0 Å². The van der Waals surface area contributed by atoms with E-state index in [1.54, 1.807) is 6.07 Å². The topological polar surface area (TPSA) is 22.3 Å². The van der Waals surface area contributed by atoms with Crippen molar-refractivity contribution in [1.82, 2.24) is 5.73 Å². The van der Waals surface area contributed by atoms with E-state index in [0.29, 0.717) is 11.6 Å². The molecule has 0 saturated carbocycles. The number of rotatable bonds is 5. The Morgan fingerprint density at radius 1 is 1.07 bits per heavy atom. The van der Waals surface area contributed by atoms with E-state index in [-0.39, 0.29) is 0 Å². The minimum atomic E-state index is 0.458. The van der Waals surface area contributed by atoms with Crippen LogP contribution in [0.25, 0.3) is 0 Å². The van der Waals surface area contributed by atoms with Crippen LogP contribution in [0.15, 0.2) is 24.3 Å². The average molecular weight is 189 g/mol. The minimum absolute atomic E-state index is 0.458. The van der Waals surface area contributed by atoms with Crippen LogP contribution in [0.2, 0.25) is 0 Å². The van der Waals surface area contributed by atoms with Gasteiger partial charge in [0.05, 0.1) is 5.69 Å². The largest absolute Gasteiger partial charge is 0.150 e. The molecule has 1 nitrogen and oxygen atoms in total. The summed E-state index contributed by atoms with van der Waals surface area (Å²) in [4.78, 5) is 0. The standard InChI is InChI=1S/C13H19N/c1-3-7-11(8-4-2)12-9-5-6-10-13(12)14/h5-6,9-11H,3-4,7-8H2,1-2H3. The molecule has 0 bridgehead atoms. The van der Waals surface area contributed by atoms with Crippen LogP contribution in [-0.4, -0.2) is 0 Å². The van der Waals surface area contributed by atoms with Crippen molar-refractivity contribution in [1.29, 1.82) is 0 Å². The van der Waals surface area contributed by atoms with Crippen molar-refractivity contribution in [3.8, 4) is 0 Å². The van der Waals surface area contributed by atoms with Crippen LogP contribution in [-0.2, 0) is 0 Å². The van der Waals surface area contributed by atoms with E-state index in [1.165, 1.54) is 25.7 Å². The molecule has 0 spiro atoms. The molecule has 0 N–H and O–H groups in total. The molecule has 1 aromatic carbocycles. The Kier molecular flexibility index (Phi) is 4.51. The highest BCUT2D eigenvalue weighted by Crippen LogP contribution is 2.30. The second-order valence-electron chi connectivity index (χ2n) is 3.83. The zero-order valence-electron chi connectivity index (χ0n) is 9.16. The lowest BCUT2D eigenvalue weighted by molar-refractivity contribution is 0.561. The predicted octanol–water partition coefficient (Wildman–Crippen LogP) is 4.07. The van der Waals surface area contributed by atoms with E-state index in [1.807, 2.05) is 18.2 Å². The Bertz CT molecular complexity index is 262. The summed E-state index contributed by atoms with van der Waals surface area (Å²) in [5.41, 5.74) is 11.3. The van der Waals surface area contributed by atoms with Crippen molar-refractivity contribution in [3.63, 3.8) is 0 Å². The van der Waals surface area contributed by atoms with Crippen LogP contribution < -0.4 is 5.73 Å². The molecular formula is C13H19N. The Balaban J connectivity index is 2.81. The fourth-order valence-corrected chi connectivity index (χ4v) is 1.99. The summed E-state index contributed by atoms with van der Waals surface area (Å²) in [6, 6.07) is 7.72. The summed E-state index contributed by atoms with van der Waals surface area (Å²) in [6.07, 6.45) is 4.70. The van der Waals surface area contributed by atoms with E-state index in [0.717, 1.165) is 5.56 Å². The van der Waals surface area contributed by atoms with Crippen molar-refractivity contribution >= 4 is 5.69 Å². The fraction of sp³-hybridized carbons (Fsp3) is 0.538. The molecule has 0 aromatic heterocycles. The molecule has 14 heavy (non-hydrogen) atoms. The maximum atomic E-state index is 9.73. The third-order valence-corrected chi connectivity index (χ3v) is 2.65. The first-order valence-corrected chi connectivity index (χ1v) is 5.57. The quantitative estimate of drug-likeness (QED) is 0.666. The van der Waals surface area contributed by atoms with E-state index in [2.05, 4.69) is 13.8 Å². The highest BCUT2D eigenvalue weighted by atomic mass is 14.6. The highest BCUT2D eigenvalue weighted by molar-refractivity contribution is 5.45. The molecule has 0 aliphatic rings. The van der Waals surface area contributed by atoms with Crippen molar-refractivity contribution in [3.05, 3.63) is 29.8 Å². The minimum Gasteiger partial charge on any atom is -0.150 e. The molecule has 2 radical (unpaired) electrons. The first-order chi connectivity index (χ1) is 6.79. The Morgan fingerprint density at radius 3 is 2.14 bits per heavy atom. The van der Waals surface area contributed by atoms with Gasteiger partial charge in [-0.25, -0.2) is 0 Å². The van der Waals surface area contributed by atoms with Crippen LogP contribution >= 0.6 is 0 Å². The van der Waals surface area contributed by atoms with Gasteiger partial charge in [0.15, 0.2) is 0 Å². The van der Waals surface area contributed by atoms with Gasteiger partial charge in [-0.3, -0.25) is 0 Å². The number of benzene rings is 1. The molecule has 1 rings (SSSR count). The van der Waals surface area contributed by atoms with Crippen LogP contribution in [0, 0.1) is 0 Å². The van der Waals surface area contributed by atoms with Crippen LogP contribution in [0.5, 0.6) is 0 Å². The highest BCUT2D eigenvalue weighted by Gasteiger charge is 2.12. The van der Waals surface area contributed by atoms with Gasteiger partial charge in [-0.1, -0.05) is 44.9 Å². The SMILES string of the molecule is CCCC(CCC)c1ccccc1[N]. The van der Waals surface area contributed by atoms with Crippen LogP contribution in [0.4, 0.5) is 5.69 Å². The molecule has 1 aromatic rings. The zero-order chi connectivity index (χ0) is 10.4. The van der Waals surface area contributed by atoms with Crippen molar-refractivity contribution < 1.29 is 0 Å². The fourth-order valence-electron chi connectivity index (χ4n) is 1.99. The molecule has 1 heteroatoms. The lowest BCUT2D eigenvalue weighted by Crippen LogP contribution is -1.99. The van der Waals surface area contributed by atoms with E-state index < -0.39 is 0 Å². The molecule has 76 valence electrons. The normalized spacial score (nSPS) is 10.8.